The molecule has 4 aromatic rings. The van der Waals surface area contributed by atoms with E-state index in [1.807, 2.05) is 0 Å². The Bertz CT molecular complexity index is 1480. The van der Waals surface area contributed by atoms with Gasteiger partial charge in [0.1, 0.15) is 30.2 Å². The Kier molecular flexibility index (Phi) is 6.40. The molecular weight excluding hydrogens is 482 g/mol. The number of amides is 1. The number of phenolic OH excluding ortho intramolecular Hbond substituents is 2. The highest BCUT2D eigenvalue weighted by molar-refractivity contribution is 5.99. The maximum absolute atomic E-state index is 12.7. The first-order chi connectivity index (χ1) is 17.8. The molecule has 1 fully saturated rings. The summed E-state index contributed by atoms with van der Waals surface area (Å²) >= 11 is 0. The molecule has 4 unspecified atom stereocenters. The van der Waals surface area contributed by atoms with E-state index < -0.39 is 41.9 Å². The van der Waals surface area contributed by atoms with Crippen LogP contribution in [0, 0.1) is 0 Å². The van der Waals surface area contributed by atoms with Gasteiger partial charge in [0.15, 0.2) is 29.2 Å². The highest BCUT2D eigenvalue weighted by Crippen LogP contribution is 2.35. The number of aliphatic hydroxyl groups excluding tert-OH is 2. The smallest absolute Gasteiger partial charge is 0.255 e. The minimum Gasteiger partial charge on any atom is -0.504 e. The quantitative estimate of drug-likeness (QED) is 0.157. The lowest BCUT2D eigenvalue weighted by atomic mass is 10.0. The van der Waals surface area contributed by atoms with Gasteiger partial charge in [0.2, 0.25) is 0 Å². The van der Waals surface area contributed by atoms with Crippen molar-refractivity contribution in [1.82, 2.24) is 29.8 Å². The van der Waals surface area contributed by atoms with Crippen LogP contribution in [0.4, 0.5) is 5.82 Å². The number of rotatable bonds is 6. The van der Waals surface area contributed by atoms with E-state index in [0.717, 1.165) is 0 Å². The summed E-state index contributed by atoms with van der Waals surface area (Å²) in [6, 6.07) is 6.23. The van der Waals surface area contributed by atoms with Gasteiger partial charge >= 0.3 is 0 Å². The molecule has 190 valence electrons. The van der Waals surface area contributed by atoms with Gasteiger partial charge in [0, 0.05) is 18.9 Å². The molecule has 1 aliphatic heterocycles. The lowest BCUT2D eigenvalue weighted by Crippen LogP contribution is -2.31. The van der Waals surface area contributed by atoms with Crippen molar-refractivity contribution in [3.05, 3.63) is 67.0 Å². The number of carbonyl (C=O) groups excluding carboxylic acids is 1. The second kappa shape index (κ2) is 9.81. The molecule has 0 bridgehead atoms. The molecule has 4 heterocycles. The van der Waals surface area contributed by atoms with Gasteiger partial charge in [-0.1, -0.05) is 12.2 Å². The van der Waals surface area contributed by atoms with Crippen molar-refractivity contribution >= 4 is 22.9 Å². The fraction of sp³-hybridized carbons (Fsp3) is 0.208. The number of aromatic hydroxyl groups is 2. The summed E-state index contributed by atoms with van der Waals surface area (Å²) in [6.07, 6.45) is 4.43. The van der Waals surface area contributed by atoms with Crippen LogP contribution in [0.15, 0.2) is 61.5 Å². The predicted octanol–water partition coefficient (Wildman–Crippen LogP) is 0.487. The zero-order valence-corrected chi connectivity index (χ0v) is 19.2. The van der Waals surface area contributed by atoms with E-state index in [2.05, 4.69) is 25.3 Å². The second-order valence-electron chi connectivity index (χ2n) is 8.32. The number of anilines is 1. The van der Waals surface area contributed by atoms with E-state index in [0.29, 0.717) is 22.3 Å². The number of hydrogen-bond acceptors (Lipinski definition) is 11. The molecule has 1 saturated heterocycles. The van der Waals surface area contributed by atoms with E-state index in [1.165, 1.54) is 41.5 Å². The SMILES string of the molecule is Nc1ncnc2c1ncn2C1OC(/C=C/CNC(=O)c2cc(-c3ccncc3)cc(O)c2O)C(O)C1O. The Labute approximate surface area is 209 Å². The van der Waals surface area contributed by atoms with Crippen LogP contribution in [0.25, 0.3) is 22.3 Å². The lowest BCUT2D eigenvalue weighted by Gasteiger charge is -2.16. The summed E-state index contributed by atoms with van der Waals surface area (Å²) in [7, 11) is 0. The fourth-order valence-corrected chi connectivity index (χ4v) is 4.08. The van der Waals surface area contributed by atoms with Crippen molar-refractivity contribution < 1.29 is 30.0 Å². The first kappa shape index (κ1) is 24.1. The maximum Gasteiger partial charge on any atom is 0.255 e. The van der Waals surface area contributed by atoms with Gasteiger partial charge in [-0.15, -0.1) is 0 Å². The van der Waals surface area contributed by atoms with E-state index in [4.69, 9.17) is 10.5 Å². The Morgan fingerprint density at radius 1 is 1.11 bits per heavy atom. The van der Waals surface area contributed by atoms with Crippen molar-refractivity contribution in [3.8, 4) is 22.6 Å². The number of nitrogens with zero attached hydrogens (tertiary/aromatic N) is 5. The fourth-order valence-electron chi connectivity index (χ4n) is 4.08. The summed E-state index contributed by atoms with van der Waals surface area (Å²) in [4.78, 5) is 28.8. The summed E-state index contributed by atoms with van der Waals surface area (Å²) in [6.45, 7) is 0.0175. The van der Waals surface area contributed by atoms with Crippen molar-refractivity contribution in [2.24, 2.45) is 0 Å². The monoisotopic (exact) mass is 505 g/mol. The number of nitrogens with one attached hydrogen (secondary N) is 1. The number of phenols is 2. The Morgan fingerprint density at radius 2 is 1.89 bits per heavy atom. The molecular formula is C24H23N7O6. The number of ether oxygens (including phenoxy) is 1. The maximum atomic E-state index is 12.7. The molecule has 0 saturated carbocycles. The van der Waals surface area contributed by atoms with Gasteiger partial charge < -0.3 is 36.2 Å². The van der Waals surface area contributed by atoms with Crippen molar-refractivity contribution in [3.63, 3.8) is 0 Å². The van der Waals surface area contributed by atoms with E-state index in [-0.39, 0.29) is 17.9 Å². The van der Waals surface area contributed by atoms with Gasteiger partial charge in [-0.25, -0.2) is 15.0 Å². The third-order valence-electron chi connectivity index (χ3n) is 5.99. The molecule has 13 heteroatoms. The molecule has 0 aliphatic carbocycles. The Hall–Kier alpha value is -4.59. The molecule has 37 heavy (non-hydrogen) atoms. The number of pyridine rings is 1. The number of aromatic nitrogens is 5. The third kappa shape index (κ3) is 4.53. The molecule has 7 N–H and O–H groups in total. The summed E-state index contributed by atoms with van der Waals surface area (Å²) in [5.41, 5.74) is 7.62. The van der Waals surface area contributed by atoms with Crippen molar-refractivity contribution in [1.29, 1.82) is 0 Å². The molecule has 0 radical (unpaired) electrons. The van der Waals surface area contributed by atoms with E-state index in [1.54, 1.807) is 24.5 Å². The number of imidazole rings is 1. The van der Waals surface area contributed by atoms with Crippen LogP contribution in [0.2, 0.25) is 0 Å². The summed E-state index contributed by atoms with van der Waals surface area (Å²) in [5.74, 6) is -1.43. The zero-order valence-electron chi connectivity index (χ0n) is 19.2. The Morgan fingerprint density at radius 3 is 2.68 bits per heavy atom. The number of nitrogen functional groups attached to an aromatic ring is 1. The molecule has 13 nitrogen and oxygen atoms in total. The minimum atomic E-state index is -1.28. The average Bonchev–Trinajstić information content (AvgIpc) is 3.45. The van der Waals surface area contributed by atoms with E-state index >= 15 is 0 Å². The molecule has 1 aliphatic rings. The van der Waals surface area contributed by atoms with Gasteiger partial charge in [-0.2, -0.15) is 0 Å². The number of fused-ring (bicyclic) bond motifs is 1. The van der Waals surface area contributed by atoms with Gasteiger partial charge in [-0.3, -0.25) is 14.3 Å². The van der Waals surface area contributed by atoms with Gasteiger partial charge in [0.25, 0.3) is 5.91 Å². The predicted molar refractivity (Wildman–Crippen MR) is 130 cm³/mol. The number of hydrogen-bond donors (Lipinski definition) is 6. The highest BCUT2D eigenvalue weighted by atomic mass is 16.6. The van der Waals surface area contributed by atoms with Crippen LogP contribution >= 0.6 is 0 Å². The molecule has 3 aromatic heterocycles. The first-order valence-electron chi connectivity index (χ1n) is 11.2. The van der Waals surface area contributed by atoms with Gasteiger partial charge in [-0.05, 0) is 35.4 Å². The lowest BCUT2D eigenvalue weighted by molar-refractivity contribution is -0.0245. The third-order valence-corrected chi connectivity index (χ3v) is 5.99. The van der Waals surface area contributed by atoms with Crippen molar-refractivity contribution in [2.75, 3.05) is 12.3 Å². The topological polar surface area (TPSA) is 202 Å². The van der Waals surface area contributed by atoms with E-state index in [9.17, 15) is 25.2 Å². The van der Waals surface area contributed by atoms with Crippen LogP contribution in [-0.4, -0.2) is 75.7 Å². The van der Waals surface area contributed by atoms with Crippen LogP contribution in [0.1, 0.15) is 16.6 Å². The minimum absolute atomic E-state index is 0.0175. The normalized spacial score (nSPS) is 21.6. The average molecular weight is 505 g/mol. The highest BCUT2D eigenvalue weighted by Gasteiger charge is 2.43. The number of carbonyl (C=O) groups is 1. The molecule has 5 rings (SSSR count). The van der Waals surface area contributed by atoms with Crippen LogP contribution in [0.5, 0.6) is 11.5 Å². The molecule has 0 spiro atoms. The van der Waals surface area contributed by atoms with Crippen molar-refractivity contribution in [2.45, 2.75) is 24.5 Å². The largest absolute Gasteiger partial charge is 0.504 e. The van der Waals surface area contributed by atoms with Crippen LogP contribution < -0.4 is 11.1 Å². The summed E-state index contributed by atoms with van der Waals surface area (Å²) < 4.78 is 7.27. The number of benzene rings is 1. The Balaban J connectivity index is 1.25. The molecule has 1 amide bonds. The second-order valence-corrected chi connectivity index (χ2v) is 8.32. The molecule has 4 atom stereocenters. The molecule has 1 aromatic carbocycles. The number of aliphatic hydroxyl groups is 2. The first-order valence-corrected chi connectivity index (χ1v) is 11.2. The summed E-state index contributed by atoms with van der Waals surface area (Å²) in [5, 5.41) is 43.9. The number of nitrogens with two attached hydrogens (primary N) is 1. The van der Waals surface area contributed by atoms with Gasteiger partial charge in [0.05, 0.1) is 11.9 Å². The zero-order chi connectivity index (χ0) is 26.1. The standard InChI is InChI=1S/C24H23N7O6/c25-21-17-22(29-10-28-21)31(11-30-17)24-20(35)19(34)16(37-24)2-1-5-27-23(36)14-8-13(9-15(32)18(14)33)12-3-6-26-7-4-12/h1-4,6-11,16,19-20,24,32-35H,5H2,(H,27,36)(H2,25,28,29)/b2-1+. The van der Waals surface area contributed by atoms with Crippen LogP contribution in [0.3, 0.4) is 0 Å². The van der Waals surface area contributed by atoms with Crippen LogP contribution in [-0.2, 0) is 4.74 Å².